The first kappa shape index (κ1) is 48.8. The van der Waals surface area contributed by atoms with Gasteiger partial charge in [-0.1, -0.05) is 73.4 Å². The minimum absolute atomic E-state index is 0.0131. The zero-order chi connectivity index (χ0) is 41.1. The number of methoxy groups -OCH3 is 2. The monoisotopic (exact) mass is 762 g/mol. The SMILES string of the molecule is CCC.CCC(C)C(C(CC(=O)N1CCCC1C(OC)C(C)C(=O)NC(CN)Cc1ccc(NC)cc1)OC)N(C)C(=O)CNC(=O)C(C(C)C)N(C)C. The molecule has 310 valence electrons. The molecule has 0 bridgehead atoms. The lowest BCUT2D eigenvalue weighted by atomic mass is 9.90. The second-order valence-electron chi connectivity index (χ2n) is 15.3. The molecule has 8 unspecified atom stereocenters. The molecule has 0 radical (unpaired) electrons. The van der Waals surface area contributed by atoms with Crippen molar-refractivity contribution in [1.82, 2.24) is 25.3 Å². The summed E-state index contributed by atoms with van der Waals surface area (Å²) in [4.78, 5) is 59.2. The number of nitrogens with two attached hydrogens (primary N) is 1. The number of rotatable bonds is 21. The van der Waals surface area contributed by atoms with Gasteiger partial charge in [0.2, 0.25) is 23.6 Å². The Labute approximate surface area is 326 Å². The van der Waals surface area contributed by atoms with Gasteiger partial charge in [-0.05, 0) is 62.9 Å². The molecule has 2 rings (SSSR count). The lowest BCUT2D eigenvalue weighted by Crippen LogP contribution is -2.55. The fraction of sp³-hybridized carbons (Fsp3) is 0.756. The quantitative estimate of drug-likeness (QED) is 0.147. The zero-order valence-electron chi connectivity index (χ0n) is 35.7. The van der Waals surface area contributed by atoms with Gasteiger partial charge in [-0.2, -0.15) is 0 Å². The van der Waals surface area contributed by atoms with E-state index in [-0.39, 0.29) is 73.1 Å². The molecule has 1 fully saturated rings. The summed E-state index contributed by atoms with van der Waals surface area (Å²) in [6.07, 6.45) is 3.04. The van der Waals surface area contributed by atoms with Crippen LogP contribution in [0.25, 0.3) is 0 Å². The topological polar surface area (TPSA) is 159 Å². The van der Waals surface area contributed by atoms with Crippen LogP contribution in [0, 0.1) is 17.8 Å². The molecule has 1 aliphatic heterocycles. The molecule has 13 heteroatoms. The highest BCUT2D eigenvalue weighted by molar-refractivity contribution is 5.87. The molecule has 1 aromatic rings. The number of hydrogen-bond donors (Lipinski definition) is 4. The first-order valence-electron chi connectivity index (χ1n) is 19.9. The number of anilines is 1. The molecule has 1 saturated heterocycles. The van der Waals surface area contributed by atoms with Crippen LogP contribution in [0.2, 0.25) is 0 Å². The highest BCUT2D eigenvalue weighted by atomic mass is 16.5. The highest BCUT2D eigenvalue weighted by Gasteiger charge is 2.42. The van der Waals surface area contributed by atoms with Crippen molar-refractivity contribution in [2.45, 2.75) is 123 Å². The molecular formula is C41H75N7O6. The number of carbonyl (C=O) groups is 4. The molecule has 0 spiro atoms. The maximum absolute atomic E-state index is 14.0. The second kappa shape index (κ2) is 25.0. The largest absolute Gasteiger partial charge is 0.388 e. The van der Waals surface area contributed by atoms with Crippen LogP contribution in [0.4, 0.5) is 5.69 Å². The Kier molecular flexibility index (Phi) is 22.6. The number of nitrogens with one attached hydrogen (secondary N) is 3. The van der Waals surface area contributed by atoms with Crippen molar-refractivity contribution in [1.29, 1.82) is 0 Å². The number of carbonyl (C=O) groups excluding carboxylic acids is 4. The van der Waals surface area contributed by atoms with E-state index in [0.29, 0.717) is 19.4 Å². The van der Waals surface area contributed by atoms with Gasteiger partial charge in [-0.3, -0.25) is 24.1 Å². The van der Waals surface area contributed by atoms with E-state index in [1.54, 1.807) is 26.2 Å². The van der Waals surface area contributed by atoms with Gasteiger partial charge in [0.15, 0.2) is 0 Å². The molecule has 0 aromatic heterocycles. The van der Waals surface area contributed by atoms with Gasteiger partial charge in [0.1, 0.15) is 0 Å². The van der Waals surface area contributed by atoms with Crippen LogP contribution in [-0.2, 0) is 35.1 Å². The van der Waals surface area contributed by atoms with Crippen molar-refractivity contribution in [2.24, 2.45) is 23.5 Å². The zero-order valence-corrected chi connectivity index (χ0v) is 35.7. The summed E-state index contributed by atoms with van der Waals surface area (Å²) in [6, 6.07) is 6.69. The maximum atomic E-state index is 14.0. The molecule has 1 aromatic carbocycles. The minimum atomic E-state index is -0.585. The van der Waals surface area contributed by atoms with E-state index >= 15 is 0 Å². The van der Waals surface area contributed by atoms with Crippen LogP contribution in [0.1, 0.15) is 86.1 Å². The smallest absolute Gasteiger partial charge is 0.242 e. The van der Waals surface area contributed by atoms with E-state index in [4.69, 9.17) is 15.2 Å². The fourth-order valence-corrected chi connectivity index (χ4v) is 7.47. The highest BCUT2D eigenvalue weighted by Crippen LogP contribution is 2.29. The maximum Gasteiger partial charge on any atom is 0.242 e. The lowest BCUT2D eigenvalue weighted by Gasteiger charge is -2.39. The summed E-state index contributed by atoms with van der Waals surface area (Å²) < 4.78 is 11.9. The molecule has 8 atom stereocenters. The first-order chi connectivity index (χ1) is 25.6. The average molecular weight is 762 g/mol. The van der Waals surface area contributed by atoms with E-state index < -0.39 is 24.2 Å². The van der Waals surface area contributed by atoms with Crippen molar-refractivity contribution in [2.75, 3.05) is 67.4 Å². The van der Waals surface area contributed by atoms with Crippen LogP contribution in [0.15, 0.2) is 24.3 Å². The summed E-state index contributed by atoms with van der Waals surface area (Å²) in [5.41, 5.74) is 8.14. The number of hydrogen-bond acceptors (Lipinski definition) is 9. The van der Waals surface area contributed by atoms with Gasteiger partial charge in [0.05, 0.1) is 49.2 Å². The molecule has 4 amide bonds. The van der Waals surface area contributed by atoms with E-state index in [1.165, 1.54) is 6.42 Å². The molecule has 5 N–H and O–H groups in total. The molecule has 0 saturated carbocycles. The van der Waals surface area contributed by atoms with E-state index in [1.807, 2.05) is 89.8 Å². The minimum Gasteiger partial charge on any atom is -0.388 e. The third-order valence-electron chi connectivity index (χ3n) is 10.5. The van der Waals surface area contributed by atoms with E-state index in [2.05, 4.69) is 29.8 Å². The van der Waals surface area contributed by atoms with Crippen LogP contribution >= 0.6 is 0 Å². The van der Waals surface area contributed by atoms with E-state index in [9.17, 15) is 19.2 Å². The third-order valence-corrected chi connectivity index (χ3v) is 10.5. The first-order valence-corrected chi connectivity index (χ1v) is 19.9. The standard InChI is InChI=1S/C38H67N7O6.C3H8/c1-12-25(4)35(44(9)33(47)23-41-38(49)34(24(2)3)43(7)8)31(50-10)21-32(46)45-19-13-14-30(45)36(51-11)26(5)37(48)42-29(22-39)20-27-15-17-28(40-6)18-16-27;1-3-2/h15-18,24-26,29-31,34-36,40H,12-14,19-23,39H2,1-11H3,(H,41,49)(H,42,48);3H2,1-2H3. The van der Waals surface area contributed by atoms with E-state index in [0.717, 1.165) is 24.1 Å². The van der Waals surface area contributed by atoms with Gasteiger partial charge in [0, 0.05) is 53.1 Å². The van der Waals surface area contributed by atoms with Crippen molar-refractivity contribution >= 4 is 29.3 Å². The number of likely N-dealkylation sites (tertiary alicyclic amines) is 1. The van der Waals surface area contributed by atoms with Crippen molar-refractivity contribution in [3.05, 3.63) is 29.8 Å². The lowest BCUT2D eigenvalue weighted by molar-refractivity contribution is -0.146. The summed E-state index contributed by atoms with van der Waals surface area (Å²) in [6.45, 7) is 14.8. The molecule has 1 heterocycles. The summed E-state index contributed by atoms with van der Waals surface area (Å²) >= 11 is 0. The normalized spacial score (nSPS) is 18.1. The summed E-state index contributed by atoms with van der Waals surface area (Å²) in [7, 11) is 10.4. The molecule has 0 aliphatic carbocycles. The van der Waals surface area contributed by atoms with Crippen LogP contribution in [-0.4, -0.2) is 137 Å². The van der Waals surface area contributed by atoms with Gasteiger partial charge in [-0.25, -0.2) is 0 Å². The number of nitrogens with zero attached hydrogens (tertiary/aromatic N) is 3. The number of amides is 4. The molecular weight excluding hydrogens is 686 g/mol. The predicted molar refractivity (Wildman–Crippen MR) is 218 cm³/mol. The molecule has 13 nitrogen and oxygen atoms in total. The van der Waals surface area contributed by atoms with Crippen LogP contribution < -0.4 is 21.7 Å². The van der Waals surface area contributed by atoms with Crippen LogP contribution in [0.5, 0.6) is 0 Å². The predicted octanol–water partition coefficient (Wildman–Crippen LogP) is 3.75. The van der Waals surface area contributed by atoms with Crippen LogP contribution in [0.3, 0.4) is 0 Å². The van der Waals surface area contributed by atoms with Gasteiger partial charge in [-0.15, -0.1) is 0 Å². The fourth-order valence-electron chi connectivity index (χ4n) is 7.47. The second-order valence-corrected chi connectivity index (χ2v) is 15.3. The Morgan fingerprint density at radius 2 is 1.57 bits per heavy atom. The Balaban J connectivity index is 0.00000469. The average Bonchev–Trinajstić information content (AvgIpc) is 3.63. The molecule has 54 heavy (non-hydrogen) atoms. The Bertz CT molecular complexity index is 1250. The Morgan fingerprint density at radius 1 is 0.963 bits per heavy atom. The number of ether oxygens (including phenoxy) is 2. The van der Waals surface area contributed by atoms with Crippen molar-refractivity contribution < 1.29 is 28.7 Å². The van der Waals surface area contributed by atoms with Gasteiger partial charge < -0.3 is 41.0 Å². The summed E-state index contributed by atoms with van der Waals surface area (Å²) in [5, 5.41) is 9.03. The Hall–Kier alpha value is -3.26. The number of likely N-dealkylation sites (N-methyl/N-ethyl adjacent to an activating group) is 2. The summed E-state index contributed by atoms with van der Waals surface area (Å²) in [5.74, 6) is -1.20. The van der Waals surface area contributed by atoms with Gasteiger partial charge in [0.25, 0.3) is 0 Å². The molecule has 1 aliphatic rings. The number of benzene rings is 1. The third kappa shape index (κ3) is 14.4. The van der Waals surface area contributed by atoms with Crippen molar-refractivity contribution in [3.63, 3.8) is 0 Å². The van der Waals surface area contributed by atoms with Crippen molar-refractivity contribution in [3.8, 4) is 0 Å². The Morgan fingerprint density at radius 3 is 2.06 bits per heavy atom. The van der Waals surface area contributed by atoms with Gasteiger partial charge >= 0.3 is 0 Å².